The number of aliphatic hydroxyl groups excluding tert-OH is 2. The molecule has 10 nitrogen and oxygen atoms in total. The summed E-state index contributed by atoms with van der Waals surface area (Å²) in [6.45, 7) is 0.791. The minimum atomic E-state index is -1.95. The summed E-state index contributed by atoms with van der Waals surface area (Å²) in [4.78, 5) is 12.6. The molecule has 2 aliphatic rings. The molecule has 3 aromatic rings. The third-order valence-electron chi connectivity index (χ3n) is 7.58. The number of phenolic OH excluding ortho intramolecular Hbond substituents is 2. The fraction of sp³-hybridized carbons (Fsp3) is 0.444. The van der Waals surface area contributed by atoms with Gasteiger partial charge in [0.15, 0.2) is 12.1 Å². The van der Waals surface area contributed by atoms with Crippen LogP contribution < -0.4 is 10.5 Å². The van der Waals surface area contributed by atoms with Crippen LogP contribution in [0.5, 0.6) is 17.2 Å². The van der Waals surface area contributed by atoms with E-state index in [4.69, 9.17) is 19.9 Å². The highest BCUT2D eigenvalue weighted by atomic mass is 16.7. The summed E-state index contributed by atoms with van der Waals surface area (Å²) in [7, 11) is 1.49. The van der Waals surface area contributed by atoms with Gasteiger partial charge in [0.05, 0.1) is 36.2 Å². The molecule has 0 amide bonds. The molecule has 0 saturated carbocycles. The van der Waals surface area contributed by atoms with Crippen LogP contribution in [0.25, 0.3) is 21.5 Å². The Kier molecular flexibility index (Phi) is 6.51. The molecule has 5 rings (SSSR count). The SMILES string of the molecule is COc1cccc2cc3cc4c(c(O)c3c(O)c12)C(OC1CC(N)C(O)C(C)O1)C[C@](O)(C(=O)CO)C4. The molecule has 7 N–H and O–H groups in total. The van der Waals surface area contributed by atoms with Crippen molar-refractivity contribution >= 4 is 27.3 Å². The Morgan fingerprint density at radius 2 is 1.95 bits per heavy atom. The second-order valence-electron chi connectivity index (χ2n) is 9.96. The van der Waals surface area contributed by atoms with E-state index in [0.29, 0.717) is 33.0 Å². The lowest BCUT2D eigenvalue weighted by molar-refractivity contribution is -0.247. The number of aliphatic hydroxyl groups is 3. The van der Waals surface area contributed by atoms with Crippen LogP contribution in [0, 0.1) is 0 Å². The first-order chi connectivity index (χ1) is 17.6. The third-order valence-corrected chi connectivity index (χ3v) is 7.58. The average molecular weight is 514 g/mol. The van der Waals surface area contributed by atoms with E-state index < -0.39 is 48.6 Å². The van der Waals surface area contributed by atoms with Gasteiger partial charge in [-0.25, -0.2) is 0 Å². The largest absolute Gasteiger partial charge is 0.507 e. The molecule has 6 atom stereocenters. The van der Waals surface area contributed by atoms with Crippen LogP contribution in [0.4, 0.5) is 0 Å². The monoisotopic (exact) mass is 513 g/mol. The summed E-state index contributed by atoms with van der Waals surface area (Å²) in [5, 5.41) is 55.4. The number of carbonyl (C=O) groups is 1. The van der Waals surface area contributed by atoms with Crippen molar-refractivity contribution in [3.63, 3.8) is 0 Å². The first-order valence-corrected chi connectivity index (χ1v) is 12.2. The van der Waals surface area contributed by atoms with Gasteiger partial charge in [-0.3, -0.25) is 4.79 Å². The molecule has 1 aliphatic heterocycles. The van der Waals surface area contributed by atoms with E-state index in [-0.39, 0.29) is 36.1 Å². The smallest absolute Gasteiger partial charge is 0.190 e. The van der Waals surface area contributed by atoms with Crippen molar-refractivity contribution in [2.24, 2.45) is 5.73 Å². The number of aromatic hydroxyl groups is 2. The molecule has 10 heteroatoms. The highest BCUT2D eigenvalue weighted by molar-refractivity contribution is 6.10. The summed E-state index contributed by atoms with van der Waals surface area (Å²) >= 11 is 0. The molecule has 0 radical (unpaired) electrons. The van der Waals surface area contributed by atoms with Crippen molar-refractivity contribution in [3.05, 3.63) is 41.5 Å². The van der Waals surface area contributed by atoms with Crippen LogP contribution in [0.1, 0.15) is 37.0 Å². The number of methoxy groups -OCH3 is 1. The van der Waals surface area contributed by atoms with Crippen molar-refractivity contribution in [3.8, 4) is 17.2 Å². The van der Waals surface area contributed by atoms with Gasteiger partial charge in [-0.05, 0) is 35.4 Å². The average Bonchev–Trinajstić information content (AvgIpc) is 2.85. The van der Waals surface area contributed by atoms with Gasteiger partial charge in [0.25, 0.3) is 0 Å². The molecule has 1 aliphatic carbocycles. The van der Waals surface area contributed by atoms with Crippen LogP contribution in [0.2, 0.25) is 0 Å². The standard InChI is InChI=1S/C27H31NO9/c1-12-24(31)16(28)8-20(36-12)37-18-10-27(34,19(30)11-29)9-15-7-14-6-13-4-3-5-17(35-2)21(13)25(32)23(14)26(33)22(15)18/h3-7,12,16,18,20,24,29,31-34H,8-11,28H2,1-2H3/t12?,16?,18?,20?,24?,27-/m0/s1. The van der Waals surface area contributed by atoms with Crippen LogP contribution in [0.3, 0.4) is 0 Å². The maximum atomic E-state index is 12.6. The number of ether oxygens (including phenoxy) is 3. The van der Waals surface area contributed by atoms with E-state index in [1.807, 2.05) is 0 Å². The van der Waals surface area contributed by atoms with E-state index in [1.54, 1.807) is 37.3 Å². The molecule has 3 aromatic carbocycles. The molecule has 0 spiro atoms. The number of benzene rings is 3. The zero-order chi connectivity index (χ0) is 26.6. The molecular weight excluding hydrogens is 482 g/mol. The fourth-order valence-electron chi connectivity index (χ4n) is 5.64. The highest BCUT2D eigenvalue weighted by Gasteiger charge is 2.46. The van der Waals surface area contributed by atoms with Gasteiger partial charge in [0.2, 0.25) is 0 Å². The van der Waals surface area contributed by atoms with Crippen molar-refractivity contribution < 1.29 is 44.5 Å². The number of hydrogen-bond acceptors (Lipinski definition) is 10. The Bertz CT molecular complexity index is 1360. The van der Waals surface area contributed by atoms with E-state index >= 15 is 0 Å². The number of carbonyl (C=O) groups excluding carboxylic acids is 1. The zero-order valence-corrected chi connectivity index (χ0v) is 20.5. The van der Waals surface area contributed by atoms with Crippen molar-refractivity contribution in [1.82, 2.24) is 0 Å². The first-order valence-electron chi connectivity index (χ1n) is 12.2. The Morgan fingerprint density at radius 1 is 1.19 bits per heavy atom. The summed E-state index contributed by atoms with van der Waals surface area (Å²) in [6, 6.07) is 8.12. The topological polar surface area (TPSA) is 172 Å². The molecule has 37 heavy (non-hydrogen) atoms. The number of nitrogens with two attached hydrogens (primary N) is 1. The minimum absolute atomic E-state index is 0.144. The van der Waals surface area contributed by atoms with Gasteiger partial charge in [-0.1, -0.05) is 18.2 Å². The van der Waals surface area contributed by atoms with E-state index in [2.05, 4.69) is 0 Å². The van der Waals surface area contributed by atoms with Crippen LogP contribution in [-0.4, -0.2) is 75.2 Å². The predicted octanol–water partition coefficient (Wildman–Crippen LogP) is 1.53. The molecule has 1 saturated heterocycles. The number of ketones is 1. The summed E-state index contributed by atoms with van der Waals surface area (Å²) < 4.78 is 17.3. The number of fused-ring (bicyclic) bond motifs is 3. The molecule has 0 bridgehead atoms. The van der Waals surface area contributed by atoms with Crippen LogP contribution >= 0.6 is 0 Å². The Balaban J connectivity index is 1.68. The fourth-order valence-corrected chi connectivity index (χ4v) is 5.64. The summed E-state index contributed by atoms with van der Waals surface area (Å²) in [5.74, 6) is -0.775. The van der Waals surface area contributed by atoms with Crippen molar-refractivity contribution in [2.45, 2.75) is 62.4 Å². The third kappa shape index (κ3) is 4.19. The highest BCUT2D eigenvalue weighted by Crippen LogP contribution is 2.51. The molecule has 5 unspecified atom stereocenters. The molecule has 1 fully saturated rings. The molecular formula is C27H31NO9. The van der Waals surface area contributed by atoms with Gasteiger partial charge in [0.1, 0.15) is 29.5 Å². The van der Waals surface area contributed by atoms with E-state index in [1.165, 1.54) is 7.11 Å². The Labute approximate surface area is 212 Å². The molecule has 198 valence electrons. The lowest BCUT2D eigenvalue weighted by Crippen LogP contribution is -2.52. The van der Waals surface area contributed by atoms with Gasteiger partial charge in [-0.15, -0.1) is 0 Å². The summed E-state index contributed by atoms with van der Waals surface area (Å²) in [6.07, 6.45) is -3.72. The predicted molar refractivity (Wildman–Crippen MR) is 133 cm³/mol. The quantitative estimate of drug-likeness (QED) is 0.275. The van der Waals surface area contributed by atoms with Crippen LogP contribution in [0.15, 0.2) is 30.3 Å². The second kappa shape index (κ2) is 9.39. The van der Waals surface area contributed by atoms with Crippen molar-refractivity contribution in [1.29, 1.82) is 0 Å². The van der Waals surface area contributed by atoms with Gasteiger partial charge in [-0.2, -0.15) is 0 Å². The summed E-state index contributed by atoms with van der Waals surface area (Å²) in [5.41, 5.74) is 4.82. The van der Waals surface area contributed by atoms with Gasteiger partial charge < -0.3 is 45.5 Å². The molecule has 1 heterocycles. The maximum absolute atomic E-state index is 12.6. The second-order valence-corrected chi connectivity index (χ2v) is 9.96. The van der Waals surface area contributed by atoms with Crippen molar-refractivity contribution in [2.75, 3.05) is 13.7 Å². The number of rotatable bonds is 5. The number of Topliss-reactive ketones (excluding diaryl/α,β-unsaturated/α-hetero) is 1. The first kappa shape index (κ1) is 25.7. The Hall–Kier alpha value is -2.99. The lowest BCUT2D eigenvalue weighted by atomic mass is 9.75. The lowest BCUT2D eigenvalue weighted by Gasteiger charge is -2.41. The molecule has 0 aromatic heterocycles. The number of hydrogen-bond donors (Lipinski definition) is 6. The van der Waals surface area contributed by atoms with Crippen LogP contribution in [-0.2, 0) is 20.7 Å². The maximum Gasteiger partial charge on any atom is 0.190 e. The normalized spacial score (nSPS) is 29.8. The van der Waals surface area contributed by atoms with E-state index in [0.717, 1.165) is 0 Å². The van der Waals surface area contributed by atoms with E-state index in [9.17, 15) is 30.3 Å². The van der Waals surface area contributed by atoms with Gasteiger partial charge >= 0.3 is 0 Å². The van der Waals surface area contributed by atoms with Gasteiger partial charge in [0, 0.05) is 30.9 Å². The zero-order valence-electron chi connectivity index (χ0n) is 20.5. The number of phenols is 2. The Morgan fingerprint density at radius 3 is 2.62 bits per heavy atom. The minimum Gasteiger partial charge on any atom is -0.507 e.